The van der Waals surface area contributed by atoms with Crippen LogP contribution >= 0.6 is 11.3 Å². The number of thiophene rings is 1. The van der Waals surface area contributed by atoms with E-state index in [1.54, 1.807) is 0 Å². The largest absolute Gasteiger partial charge is 0.420 e. The van der Waals surface area contributed by atoms with Gasteiger partial charge in [-0.25, -0.2) is 0 Å². The van der Waals surface area contributed by atoms with Crippen LogP contribution in [0.3, 0.4) is 0 Å². The van der Waals surface area contributed by atoms with Crippen LogP contribution in [0.4, 0.5) is 0 Å². The number of aromatic nitrogens is 2. The van der Waals surface area contributed by atoms with Crippen molar-refractivity contribution in [1.82, 2.24) is 15.5 Å². The molecule has 0 amide bonds. The van der Waals surface area contributed by atoms with E-state index in [0.29, 0.717) is 5.89 Å². The molecule has 21 heavy (non-hydrogen) atoms. The number of fused-ring (bicyclic) bond motifs is 1. The average Bonchev–Trinajstić information content (AvgIpc) is 3.06. The van der Waals surface area contributed by atoms with E-state index in [1.807, 2.05) is 11.3 Å². The smallest absolute Gasteiger partial charge is 0.257 e. The van der Waals surface area contributed by atoms with Gasteiger partial charge in [0.2, 0.25) is 5.89 Å². The molecule has 0 saturated carbocycles. The first-order chi connectivity index (χ1) is 10.4. The van der Waals surface area contributed by atoms with Gasteiger partial charge in [0.15, 0.2) is 0 Å². The predicted molar refractivity (Wildman–Crippen MR) is 85.7 cm³/mol. The fraction of sp³-hybridized carbons (Fsp3) is 0.625. The molecule has 3 rings (SSSR count). The Morgan fingerprint density at radius 3 is 3.00 bits per heavy atom. The van der Waals surface area contributed by atoms with Gasteiger partial charge in [-0.1, -0.05) is 13.3 Å². The summed E-state index contributed by atoms with van der Waals surface area (Å²) in [5, 5.41) is 11.7. The zero-order chi connectivity index (χ0) is 14.5. The van der Waals surface area contributed by atoms with Gasteiger partial charge in [0.1, 0.15) is 0 Å². The second-order valence-corrected chi connectivity index (χ2v) is 6.76. The monoisotopic (exact) mass is 305 g/mol. The first-order valence-electron chi connectivity index (χ1n) is 8.02. The summed E-state index contributed by atoms with van der Waals surface area (Å²) in [7, 11) is 0. The first-order valence-corrected chi connectivity index (χ1v) is 8.83. The van der Waals surface area contributed by atoms with Crippen molar-refractivity contribution in [2.45, 2.75) is 51.9 Å². The number of nitrogens with zero attached hydrogens (tertiary/aromatic N) is 2. The summed E-state index contributed by atoms with van der Waals surface area (Å²) in [6.45, 7) is 4.10. The van der Waals surface area contributed by atoms with Crippen LogP contribution in [0.15, 0.2) is 10.5 Å². The molecule has 0 radical (unpaired) electrons. The van der Waals surface area contributed by atoms with Crippen molar-refractivity contribution < 1.29 is 4.42 Å². The van der Waals surface area contributed by atoms with Crippen molar-refractivity contribution in [3.05, 3.63) is 22.4 Å². The van der Waals surface area contributed by atoms with E-state index in [2.05, 4.69) is 28.5 Å². The fourth-order valence-corrected chi connectivity index (χ4v) is 3.90. The lowest BCUT2D eigenvalue weighted by Crippen LogP contribution is -2.17. The fourth-order valence-electron chi connectivity index (χ4n) is 2.72. The maximum absolute atomic E-state index is 5.81. The third-order valence-electron chi connectivity index (χ3n) is 3.87. The molecule has 1 aliphatic rings. The second-order valence-electron chi connectivity index (χ2n) is 5.62. The Balaban J connectivity index is 1.65. The predicted octanol–water partition coefficient (Wildman–Crippen LogP) is 3.61. The molecular weight excluding hydrogens is 282 g/mol. The summed E-state index contributed by atoms with van der Waals surface area (Å²) in [6.07, 6.45) is 8.34. The Morgan fingerprint density at radius 1 is 1.19 bits per heavy atom. The highest BCUT2D eigenvalue weighted by molar-refractivity contribution is 7.15. The van der Waals surface area contributed by atoms with Crippen LogP contribution < -0.4 is 5.32 Å². The summed E-state index contributed by atoms with van der Waals surface area (Å²) in [5.41, 5.74) is 1.50. The molecule has 4 nitrogen and oxygen atoms in total. The number of aryl methyl sites for hydroxylation is 2. The molecule has 0 fully saturated rings. The molecule has 0 spiro atoms. The lowest BCUT2D eigenvalue weighted by Gasteiger charge is -1.98. The number of hydrogen-bond acceptors (Lipinski definition) is 5. The van der Waals surface area contributed by atoms with Crippen molar-refractivity contribution in [2.75, 3.05) is 13.1 Å². The highest BCUT2D eigenvalue weighted by Gasteiger charge is 2.16. The zero-order valence-electron chi connectivity index (χ0n) is 12.7. The van der Waals surface area contributed by atoms with Crippen molar-refractivity contribution in [3.63, 3.8) is 0 Å². The van der Waals surface area contributed by atoms with Gasteiger partial charge in [0, 0.05) is 17.8 Å². The molecule has 1 N–H and O–H groups in total. The molecule has 2 heterocycles. The van der Waals surface area contributed by atoms with E-state index >= 15 is 0 Å². The first kappa shape index (κ1) is 14.7. The van der Waals surface area contributed by atoms with Crippen LogP contribution in [0.2, 0.25) is 0 Å². The Bertz CT molecular complexity index is 552. The molecule has 0 atom stereocenters. The van der Waals surface area contributed by atoms with E-state index < -0.39 is 0 Å². The van der Waals surface area contributed by atoms with Gasteiger partial charge in [-0.15, -0.1) is 21.5 Å². The average molecular weight is 305 g/mol. The lowest BCUT2D eigenvalue weighted by molar-refractivity contribution is 0.495. The number of rotatable bonds is 6. The van der Waals surface area contributed by atoms with Crippen molar-refractivity contribution >= 4 is 11.3 Å². The molecule has 2 aromatic rings. The molecule has 0 aliphatic heterocycles. The van der Waals surface area contributed by atoms with Gasteiger partial charge in [0.05, 0.1) is 4.88 Å². The standard InChI is InChI=1S/C16H23N3OS/c1-2-9-17-10-8-15-18-19-16(20-15)14-11-12-6-4-3-5-7-13(12)21-14/h11,17H,2-10H2,1H3. The number of hydrogen-bond donors (Lipinski definition) is 1. The van der Waals surface area contributed by atoms with Gasteiger partial charge in [0.25, 0.3) is 5.89 Å². The van der Waals surface area contributed by atoms with Gasteiger partial charge in [-0.3, -0.25) is 0 Å². The summed E-state index contributed by atoms with van der Waals surface area (Å²) in [4.78, 5) is 2.66. The molecule has 0 aromatic carbocycles. The molecule has 0 saturated heterocycles. The van der Waals surface area contributed by atoms with Crippen LogP contribution in [0.1, 0.15) is 48.9 Å². The Morgan fingerprint density at radius 2 is 2.10 bits per heavy atom. The SMILES string of the molecule is CCCNCCc1nnc(-c2cc3c(s2)CCCCC3)o1. The minimum atomic E-state index is 0.693. The van der Waals surface area contributed by atoms with E-state index in [0.717, 1.165) is 36.7 Å². The topological polar surface area (TPSA) is 51.0 Å². The van der Waals surface area contributed by atoms with E-state index in [4.69, 9.17) is 4.42 Å². The maximum Gasteiger partial charge on any atom is 0.257 e. The minimum absolute atomic E-state index is 0.693. The Kier molecular flexibility index (Phi) is 5.04. The molecular formula is C16H23N3OS. The summed E-state index contributed by atoms with van der Waals surface area (Å²) >= 11 is 1.84. The summed E-state index contributed by atoms with van der Waals surface area (Å²) < 4.78 is 5.81. The molecule has 0 bridgehead atoms. The van der Waals surface area contributed by atoms with Crippen LogP contribution in [0.5, 0.6) is 0 Å². The van der Waals surface area contributed by atoms with Gasteiger partial charge in [-0.2, -0.15) is 0 Å². The zero-order valence-corrected chi connectivity index (χ0v) is 13.5. The van der Waals surface area contributed by atoms with Crippen molar-refractivity contribution in [1.29, 1.82) is 0 Å². The van der Waals surface area contributed by atoms with Gasteiger partial charge in [-0.05, 0) is 50.3 Å². The molecule has 0 unspecified atom stereocenters. The van der Waals surface area contributed by atoms with Crippen LogP contribution in [0.25, 0.3) is 10.8 Å². The Hall–Kier alpha value is -1.20. The Labute approximate surface area is 130 Å². The van der Waals surface area contributed by atoms with Crippen LogP contribution in [-0.4, -0.2) is 23.3 Å². The maximum atomic E-state index is 5.81. The van der Waals surface area contributed by atoms with Gasteiger partial charge < -0.3 is 9.73 Å². The molecule has 2 aromatic heterocycles. The lowest BCUT2D eigenvalue weighted by atomic mass is 10.1. The van der Waals surface area contributed by atoms with E-state index in [-0.39, 0.29) is 0 Å². The molecule has 5 heteroatoms. The van der Waals surface area contributed by atoms with Crippen molar-refractivity contribution in [2.24, 2.45) is 0 Å². The second kappa shape index (κ2) is 7.18. The number of nitrogens with one attached hydrogen (secondary N) is 1. The van der Waals surface area contributed by atoms with Crippen molar-refractivity contribution in [3.8, 4) is 10.8 Å². The summed E-state index contributed by atoms with van der Waals surface area (Å²) in [5.74, 6) is 1.43. The van der Waals surface area contributed by atoms with E-state index in [1.165, 1.54) is 42.5 Å². The third-order valence-corrected chi connectivity index (χ3v) is 5.09. The molecule has 1 aliphatic carbocycles. The van der Waals surface area contributed by atoms with Gasteiger partial charge >= 0.3 is 0 Å². The highest BCUT2D eigenvalue weighted by Crippen LogP contribution is 2.34. The highest BCUT2D eigenvalue weighted by atomic mass is 32.1. The van der Waals surface area contributed by atoms with Crippen LogP contribution in [0, 0.1) is 0 Å². The normalized spacial score (nSPS) is 14.9. The molecule has 114 valence electrons. The quantitative estimate of drug-likeness (QED) is 0.654. The summed E-state index contributed by atoms with van der Waals surface area (Å²) in [6, 6.07) is 2.26. The third kappa shape index (κ3) is 3.71. The minimum Gasteiger partial charge on any atom is -0.420 e. The van der Waals surface area contributed by atoms with E-state index in [9.17, 15) is 0 Å². The van der Waals surface area contributed by atoms with Crippen LogP contribution in [-0.2, 0) is 19.3 Å².